The van der Waals surface area contributed by atoms with Crippen LogP contribution in [0.25, 0.3) is 0 Å². The van der Waals surface area contributed by atoms with E-state index in [2.05, 4.69) is 5.32 Å². The molecule has 2 fully saturated rings. The molecular formula is C15H14ClF3N2O2S. The van der Waals surface area contributed by atoms with E-state index < -0.39 is 33.6 Å². The Morgan fingerprint density at radius 2 is 2.17 bits per heavy atom. The summed E-state index contributed by atoms with van der Waals surface area (Å²) in [4.78, 5) is 25.6. The fourth-order valence-corrected chi connectivity index (χ4v) is 4.72. The zero-order chi connectivity index (χ0) is 17.7. The summed E-state index contributed by atoms with van der Waals surface area (Å²) >= 11 is 7.09. The molecule has 130 valence electrons. The number of thioether (sulfide) groups is 1. The molecular weight excluding hydrogens is 365 g/mol. The van der Waals surface area contributed by atoms with Gasteiger partial charge in [0.05, 0.1) is 15.5 Å². The number of benzene rings is 1. The maximum atomic E-state index is 12.9. The number of carbonyl (C=O) groups is 2. The Bertz CT molecular complexity index is 712. The van der Waals surface area contributed by atoms with E-state index in [-0.39, 0.29) is 11.6 Å². The van der Waals surface area contributed by atoms with Crippen LogP contribution < -0.4 is 5.32 Å². The molecule has 2 heterocycles. The van der Waals surface area contributed by atoms with Gasteiger partial charge in [-0.2, -0.15) is 13.2 Å². The molecule has 2 aliphatic heterocycles. The number of carbonyl (C=O) groups excluding carboxylic acids is 2. The molecule has 24 heavy (non-hydrogen) atoms. The van der Waals surface area contributed by atoms with Crippen LogP contribution in [0, 0.1) is 0 Å². The topological polar surface area (TPSA) is 49.4 Å². The van der Waals surface area contributed by atoms with Gasteiger partial charge in [-0.05, 0) is 31.5 Å². The zero-order valence-corrected chi connectivity index (χ0v) is 14.2. The fraction of sp³-hybridized carbons (Fsp3) is 0.467. The predicted octanol–water partition coefficient (Wildman–Crippen LogP) is 3.75. The summed E-state index contributed by atoms with van der Waals surface area (Å²) in [6.07, 6.45) is -3.56. The molecule has 0 aliphatic carbocycles. The van der Waals surface area contributed by atoms with Crippen LogP contribution in [-0.4, -0.2) is 33.4 Å². The fourth-order valence-electron chi connectivity index (χ4n) is 3.06. The second kappa shape index (κ2) is 5.84. The number of hydrogen-bond acceptors (Lipinski definition) is 3. The molecule has 1 aromatic rings. The number of rotatable bonds is 2. The lowest BCUT2D eigenvalue weighted by Gasteiger charge is -2.29. The number of hydrogen-bond donors (Lipinski definition) is 1. The van der Waals surface area contributed by atoms with Crippen molar-refractivity contribution in [3.63, 3.8) is 0 Å². The molecule has 2 saturated heterocycles. The van der Waals surface area contributed by atoms with Gasteiger partial charge in [0, 0.05) is 17.9 Å². The first kappa shape index (κ1) is 17.4. The monoisotopic (exact) mass is 378 g/mol. The lowest BCUT2D eigenvalue weighted by molar-refractivity contribution is -0.137. The van der Waals surface area contributed by atoms with Crippen molar-refractivity contribution in [2.45, 2.75) is 36.9 Å². The molecule has 3 rings (SSSR count). The number of alkyl halides is 3. The third kappa shape index (κ3) is 2.97. The van der Waals surface area contributed by atoms with Crippen LogP contribution in [0.3, 0.4) is 0 Å². The normalized spacial score (nSPS) is 26.6. The van der Waals surface area contributed by atoms with Gasteiger partial charge in [0.25, 0.3) is 0 Å². The van der Waals surface area contributed by atoms with Crippen LogP contribution in [0.1, 0.15) is 25.3 Å². The van der Waals surface area contributed by atoms with Crippen LogP contribution in [0.4, 0.5) is 18.9 Å². The van der Waals surface area contributed by atoms with Crippen LogP contribution >= 0.6 is 23.4 Å². The summed E-state index contributed by atoms with van der Waals surface area (Å²) in [6, 6.07) is 2.52. The van der Waals surface area contributed by atoms with Gasteiger partial charge < -0.3 is 10.2 Å². The molecule has 0 aromatic heterocycles. The Hall–Kier alpha value is -1.41. The number of nitrogens with one attached hydrogen (secondary N) is 1. The molecule has 0 spiro atoms. The number of halogens is 4. The smallest absolute Gasteiger partial charge is 0.324 e. The second-order valence-electron chi connectivity index (χ2n) is 5.95. The standard InChI is InChI=1S/C15H14ClF3N2O2S/c1-14-5-4-12(22)21(14)11(7-24-14)13(23)20-8-2-3-10(16)9(6-8)15(17,18)19/h2-3,6,11H,4-5,7H2,1H3,(H,20,23)/t11-,14+/m0/s1. The molecule has 2 atom stereocenters. The second-order valence-corrected chi connectivity index (χ2v) is 7.86. The molecule has 0 bridgehead atoms. The van der Waals surface area contributed by atoms with E-state index in [1.54, 1.807) is 4.90 Å². The highest BCUT2D eigenvalue weighted by molar-refractivity contribution is 8.01. The van der Waals surface area contributed by atoms with E-state index in [0.717, 1.165) is 12.1 Å². The van der Waals surface area contributed by atoms with E-state index in [1.807, 2.05) is 6.92 Å². The Morgan fingerprint density at radius 3 is 2.83 bits per heavy atom. The van der Waals surface area contributed by atoms with E-state index in [1.165, 1.54) is 17.8 Å². The maximum Gasteiger partial charge on any atom is 0.417 e. The third-order valence-electron chi connectivity index (χ3n) is 4.29. The van der Waals surface area contributed by atoms with Crippen LogP contribution in [0.5, 0.6) is 0 Å². The number of anilines is 1. The van der Waals surface area contributed by atoms with Gasteiger partial charge >= 0.3 is 6.18 Å². The lowest BCUT2D eigenvalue weighted by Crippen LogP contribution is -2.48. The predicted molar refractivity (Wildman–Crippen MR) is 85.8 cm³/mol. The summed E-state index contributed by atoms with van der Waals surface area (Å²) in [5.74, 6) is -0.167. The number of nitrogens with zero attached hydrogens (tertiary/aromatic N) is 1. The highest BCUT2D eigenvalue weighted by atomic mass is 35.5. The first-order valence-electron chi connectivity index (χ1n) is 7.25. The summed E-state index contributed by atoms with van der Waals surface area (Å²) < 4.78 is 38.7. The molecule has 1 N–H and O–H groups in total. The summed E-state index contributed by atoms with van der Waals surface area (Å²) in [5, 5.41) is 2.04. The minimum atomic E-state index is -4.61. The van der Waals surface area contributed by atoms with E-state index in [4.69, 9.17) is 11.6 Å². The van der Waals surface area contributed by atoms with Crippen molar-refractivity contribution in [2.24, 2.45) is 0 Å². The minimum absolute atomic E-state index is 0.00183. The van der Waals surface area contributed by atoms with Gasteiger partial charge in [0.15, 0.2) is 0 Å². The van der Waals surface area contributed by atoms with Gasteiger partial charge in [-0.15, -0.1) is 11.8 Å². The van der Waals surface area contributed by atoms with Gasteiger partial charge in [-0.1, -0.05) is 11.6 Å². The average molecular weight is 379 g/mol. The average Bonchev–Trinajstić information content (AvgIpc) is 2.97. The Balaban J connectivity index is 1.80. The Labute approximate surface area is 145 Å². The van der Waals surface area contributed by atoms with Crippen LogP contribution in [0.15, 0.2) is 18.2 Å². The molecule has 0 saturated carbocycles. The molecule has 2 aliphatic rings. The summed E-state index contributed by atoms with van der Waals surface area (Å²) in [6.45, 7) is 1.90. The number of amides is 2. The molecule has 1 aromatic carbocycles. The highest BCUT2D eigenvalue weighted by Gasteiger charge is 2.52. The lowest BCUT2D eigenvalue weighted by atomic mass is 10.1. The van der Waals surface area contributed by atoms with Crippen molar-refractivity contribution in [1.29, 1.82) is 0 Å². The van der Waals surface area contributed by atoms with Crippen molar-refractivity contribution in [1.82, 2.24) is 4.90 Å². The van der Waals surface area contributed by atoms with E-state index in [0.29, 0.717) is 18.6 Å². The van der Waals surface area contributed by atoms with Crippen molar-refractivity contribution in [3.8, 4) is 0 Å². The molecule has 0 radical (unpaired) electrons. The SMILES string of the molecule is C[C@@]12CCC(=O)N1[C@H](C(=O)Nc1ccc(Cl)c(C(F)(F)F)c1)CS2. The first-order valence-corrected chi connectivity index (χ1v) is 8.62. The van der Waals surface area contributed by atoms with Gasteiger partial charge in [-0.25, -0.2) is 0 Å². The maximum absolute atomic E-state index is 12.9. The molecule has 0 unspecified atom stereocenters. The van der Waals surface area contributed by atoms with Crippen LogP contribution in [0.2, 0.25) is 5.02 Å². The number of fused-ring (bicyclic) bond motifs is 1. The Morgan fingerprint density at radius 1 is 1.46 bits per heavy atom. The quantitative estimate of drug-likeness (QED) is 0.852. The minimum Gasteiger partial charge on any atom is -0.324 e. The van der Waals surface area contributed by atoms with Crippen molar-refractivity contribution in [3.05, 3.63) is 28.8 Å². The molecule has 2 amide bonds. The third-order valence-corrected chi connectivity index (χ3v) is 6.12. The zero-order valence-electron chi connectivity index (χ0n) is 12.6. The summed E-state index contributed by atoms with van der Waals surface area (Å²) in [7, 11) is 0. The largest absolute Gasteiger partial charge is 0.417 e. The Kier molecular flexibility index (Phi) is 4.24. The van der Waals surface area contributed by atoms with Gasteiger partial charge in [0.1, 0.15) is 6.04 Å². The van der Waals surface area contributed by atoms with Crippen LogP contribution in [-0.2, 0) is 15.8 Å². The highest BCUT2D eigenvalue weighted by Crippen LogP contribution is 2.47. The van der Waals surface area contributed by atoms with Crippen molar-refractivity contribution < 1.29 is 22.8 Å². The van der Waals surface area contributed by atoms with Gasteiger partial charge in [-0.3, -0.25) is 9.59 Å². The van der Waals surface area contributed by atoms with Crippen molar-refractivity contribution >= 4 is 40.9 Å². The summed E-state index contributed by atoms with van der Waals surface area (Å²) in [5.41, 5.74) is -1.01. The first-order chi connectivity index (χ1) is 11.1. The molecule has 9 heteroatoms. The van der Waals surface area contributed by atoms with Gasteiger partial charge in [0.2, 0.25) is 11.8 Å². The van der Waals surface area contributed by atoms with E-state index >= 15 is 0 Å². The van der Waals surface area contributed by atoms with E-state index in [9.17, 15) is 22.8 Å². The molecule has 4 nitrogen and oxygen atoms in total. The van der Waals surface area contributed by atoms with Crippen molar-refractivity contribution in [2.75, 3.05) is 11.1 Å².